The van der Waals surface area contributed by atoms with Crippen LogP contribution in [0.1, 0.15) is 30.2 Å². The highest BCUT2D eigenvalue weighted by atomic mass is 16.6. The van der Waals surface area contributed by atoms with Crippen LogP contribution in [0.25, 0.3) is 11.0 Å². The van der Waals surface area contributed by atoms with Gasteiger partial charge in [0, 0.05) is 35.4 Å². The third-order valence-electron chi connectivity index (χ3n) is 3.52. The van der Waals surface area contributed by atoms with Gasteiger partial charge in [-0.25, -0.2) is 9.67 Å². The van der Waals surface area contributed by atoms with Crippen LogP contribution in [0, 0.1) is 10.1 Å². The standard InChI is InChI=1S/C16H15N5O3/c1-10(2)20-15-11(9-18-20)7-12(8-17-15)16(22)19-13-3-5-14(6-4-13)21(23)24/h3-10H,1-2H3,(H,19,22). The molecule has 0 radical (unpaired) electrons. The van der Waals surface area contributed by atoms with Gasteiger partial charge in [0.05, 0.1) is 16.7 Å². The van der Waals surface area contributed by atoms with Gasteiger partial charge in [0.15, 0.2) is 5.65 Å². The molecule has 0 saturated heterocycles. The van der Waals surface area contributed by atoms with E-state index in [1.807, 2.05) is 13.8 Å². The minimum absolute atomic E-state index is 0.0304. The Labute approximate surface area is 137 Å². The molecule has 0 aliphatic heterocycles. The zero-order valence-corrected chi connectivity index (χ0v) is 13.1. The second-order valence-corrected chi connectivity index (χ2v) is 5.58. The lowest BCUT2D eigenvalue weighted by Crippen LogP contribution is -2.12. The average molecular weight is 325 g/mol. The van der Waals surface area contributed by atoms with Crippen molar-refractivity contribution in [1.29, 1.82) is 0 Å². The largest absolute Gasteiger partial charge is 0.322 e. The number of fused-ring (bicyclic) bond motifs is 1. The summed E-state index contributed by atoms with van der Waals surface area (Å²) in [4.78, 5) is 26.8. The third kappa shape index (κ3) is 2.94. The van der Waals surface area contributed by atoms with Crippen molar-refractivity contribution in [1.82, 2.24) is 14.8 Å². The van der Waals surface area contributed by atoms with E-state index in [9.17, 15) is 14.9 Å². The molecule has 0 fully saturated rings. The molecule has 0 saturated carbocycles. The molecule has 3 rings (SSSR count). The molecule has 8 heteroatoms. The molecule has 2 aromatic heterocycles. The summed E-state index contributed by atoms with van der Waals surface area (Å²) in [6.07, 6.45) is 3.16. The van der Waals surface area contributed by atoms with E-state index in [0.29, 0.717) is 11.3 Å². The lowest BCUT2D eigenvalue weighted by molar-refractivity contribution is -0.384. The first kappa shape index (κ1) is 15.6. The number of carbonyl (C=O) groups excluding carboxylic acids is 1. The van der Waals surface area contributed by atoms with E-state index in [1.54, 1.807) is 16.9 Å². The second kappa shape index (κ2) is 6.07. The van der Waals surface area contributed by atoms with E-state index < -0.39 is 4.92 Å². The average Bonchev–Trinajstić information content (AvgIpc) is 2.98. The quantitative estimate of drug-likeness (QED) is 0.586. The van der Waals surface area contributed by atoms with Gasteiger partial charge in [0.2, 0.25) is 0 Å². The first-order valence-electron chi connectivity index (χ1n) is 7.35. The predicted molar refractivity (Wildman–Crippen MR) is 89.0 cm³/mol. The highest BCUT2D eigenvalue weighted by molar-refractivity contribution is 6.05. The predicted octanol–water partition coefficient (Wildman–Crippen LogP) is 3.17. The second-order valence-electron chi connectivity index (χ2n) is 5.58. The third-order valence-corrected chi connectivity index (χ3v) is 3.52. The number of hydrogen-bond donors (Lipinski definition) is 1. The van der Waals surface area contributed by atoms with E-state index in [2.05, 4.69) is 15.4 Å². The summed E-state index contributed by atoms with van der Waals surface area (Å²) in [5, 5.41) is 18.4. The van der Waals surface area contributed by atoms with E-state index in [-0.39, 0.29) is 17.6 Å². The Bertz CT molecular complexity index is 915. The highest BCUT2D eigenvalue weighted by Gasteiger charge is 2.12. The SMILES string of the molecule is CC(C)n1ncc2cc(C(=O)Nc3ccc([N+](=O)[O-])cc3)cnc21. The molecule has 3 aromatic rings. The van der Waals surface area contributed by atoms with Crippen molar-refractivity contribution in [2.24, 2.45) is 0 Å². The van der Waals surface area contributed by atoms with Crippen molar-refractivity contribution >= 4 is 28.3 Å². The maximum atomic E-state index is 12.3. The van der Waals surface area contributed by atoms with E-state index in [0.717, 1.165) is 11.0 Å². The molecule has 24 heavy (non-hydrogen) atoms. The molecule has 8 nitrogen and oxygen atoms in total. The summed E-state index contributed by atoms with van der Waals surface area (Å²) < 4.78 is 1.79. The Hall–Kier alpha value is -3.29. The number of pyridine rings is 1. The fourth-order valence-electron chi connectivity index (χ4n) is 2.31. The van der Waals surface area contributed by atoms with Crippen molar-refractivity contribution in [2.75, 3.05) is 5.32 Å². The fourth-order valence-corrected chi connectivity index (χ4v) is 2.31. The Morgan fingerprint density at radius 2 is 1.96 bits per heavy atom. The molecule has 1 N–H and O–H groups in total. The first-order valence-corrected chi connectivity index (χ1v) is 7.35. The van der Waals surface area contributed by atoms with Crippen LogP contribution >= 0.6 is 0 Å². The van der Waals surface area contributed by atoms with Gasteiger partial charge < -0.3 is 5.32 Å². The maximum Gasteiger partial charge on any atom is 0.269 e. The topological polar surface area (TPSA) is 103 Å². The number of hydrogen-bond acceptors (Lipinski definition) is 5. The van der Waals surface area contributed by atoms with E-state index in [4.69, 9.17) is 0 Å². The fraction of sp³-hybridized carbons (Fsp3) is 0.188. The van der Waals surface area contributed by atoms with Crippen molar-refractivity contribution in [3.63, 3.8) is 0 Å². The molecular weight excluding hydrogens is 310 g/mol. The molecule has 0 bridgehead atoms. The van der Waals surface area contributed by atoms with Crippen LogP contribution in [-0.2, 0) is 0 Å². The number of anilines is 1. The minimum atomic E-state index is -0.490. The molecule has 1 aromatic carbocycles. The number of nitrogens with zero attached hydrogens (tertiary/aromatic N) is 4. The molecule has 0 spiro atoms. The van der Waals surface area contributed by atoms with Crippen molar-refractivity contribution in [3.05, 3.63) is 58.4 Å². The van der Waals surface area contributed by atoms with Gasteiger partial charge in [-0.1, -0.05) is 0 Å². The summed E-state index contributed by atoms with van der Waals surface area (Å²) >= 11 is 0. The number of nitro benzene ring substituents is 1. The van der Waals surface area contributed by atoms with E-state index in [1.165, 1.54) is 30.5 Å². The summed E-state index contributed by atoms with van der Waals surface area (Å²) in [6.45, 7) is 4.01. The number of nitrogens with one attached hydrogen (secondary N) is 1. The summed E-state index contributed by atoms with van der Waals surface area (Å²) in [5.41, 5.74) is 1.56. The number of rotatable bonds is 4. The van der Waals surface area contributed by atoms with Crippen LogP contribution in [0.2, 0.25) is 0 Å². The number of carbonyl (C=O) groups is 1. The van der Waals surface area contributed by atoms with Gasteiger partial charge >= 0.3 is 0 Å². The molecule has 2 heterocycles. The molecule has 0 atom stereocenters. The zero-order chi connectivity index (χ0) is 17.3. The zero-order valence-electron chi connectivity index (χ0n) is 13.1. The van der Waals surface area contributed by atoms with Crippen molar-refractivity contribution < 1.29 is 9.72 Å². The van der Waals surface area contributed by atoms with Gasteiger partial charge in [-0.2, -0.15) is 5.10 Å². The molecule has 0 aliphatic carbocycles. The van der Waals surface area contributed by atoms with Gasteiger partial charge in [-0.15, -0.1) is 0 Å². The van der Waals surface area contributed by atoms with Crippen LogP contribution in [-0.4, -0.2) is 25.6 Å². The minimum Gasteiger partial charge on any atom is -0.322 e. The Balaban J connectivity index is 1.82. The Morgan fingerprint density at radius 1 is 1.25 bits per heavy atom. The Morgan fingerprint density at radius 3 is 2.58 bits per heavy atom. The smallest absolute Gasteiger partial charge is 0.269 e. The lowest BCUT2D eigenvalue weighted by atomic mass is 10.2. The van der Waals surface area contributed by atoms with E-state index >= 15 is 0 Å². The number of nitro groups is 1. The lowest BCUT2D eigenvalue weighted by Gasteiger charge is -2.07. The van der Waals surface area contributed by atoms with Crippen LogP contribution in [0.3, 0.4) is 0 Å². The number of non-ortho nitro benzene ring substituents is 1. The number of amides is 1. The number of benzene rings is 1. The van der Waals surface area contributed by atoms with Gasteiger partial charge in [0.25, 0.3) is 11.6 Å². The normalized spacial score (nSPS) is 11.0. The molecule has 0 aliphatic rings. The van der Waals surface area contributed by atoms with Crippen LogP contribution in [0.4, 0.5) is 11.4 Å². The summed E-state index contributed by atoms with van der Waals surface area (Å²) in [7, 11) is 0. The highest BCUT2D eigenvalue weighted by Crippen LogP contribution is 2.19. The van der Waals surface area contributed by atoms with Gasteiger partial charge in [0.1, 0.15) is 0 Å². The Kier molecular flexibility index (Phi) is 3.95. The van der Waals surface area contributed by atoms with Crippen LogP contribution in [0.5, 0.6) is 0 Å². The monoisotopic (exact) mass is 325 g/mol. The molecule has 1 amide bonds. The molecule has 0 unspecified atom stereocenters. The van der Waals surface area contributed by atoms with Crippen molar-refractivity contribution in [2.45, 2.75) is 19.9 Å². The summed E-state index contributed by atoms with van der Waals surface area (Å²) in [5.74, 6) is -0.337. The first-order chi connectivity index (χ1) is 11.5. The number of aromatic nitrogens is 3. The maximum absolute atomic E-state index is 12.3. The summed E-state index contributed by atoms with van der Waals surface area (Å²) in [6, 6.07) is 7.54. The van der Waals surface area contributed by atoms with Crippen LogP contribution in [0.15, 0.2) is 42.7 Å². The van der Waals surface area contributed by atoms with Gasteiger partial charge in [-0.05, 0) is 32.0 Å². The van der Waals surface area contributed by atoms with Crippen LogP contribution < -0.4 is 5.32 Å². The molecule has 122 valence electrons. The van der Waals surface area contributed by atoms with Crippen molar-refractivity contribution in [3.8, 4) is 0 Å². The molecular formula is C16H15N5O3. The van der Waals surface area contributed by atoms with Gasteiger partial charge in [-0.3, -0.25) is 14.9 Å².